The van der Waals surface area contributed by atoms with Gasteiger partial charge in [0, 0.05) is 5.92 Å². The van der Waals surface area contributed by atoms with Gasteiger partial charge in [0.05, 0.1) is 5.92 Å². The number of carbonyl (C=O) groups excluding carboxylic acids is 2. The predicted octanol–water partition coefficient (Wildman–Crippen LogP) is 8.80. The number of aryl methyl sites for hydroxylation is 1. The van der Waals surface area contributed by atoms with Crippen LogP contribution in [0.15, 0.2) is 24.3 Å². The fourth-order valence-corrected chi connectivity index (χ4v) is 5.25. The summed E-state index contributed by atoms with van der Waals surface area (Å²) in [5, 5.41) is -0.409. The van der Waals surface area contributed by atoms with Crippen molar-refractivity contribution >= 4 is 22.8 Å². The Kier molecular flexibility index (Phi) is 14.5. The molecular weight excluding hydrogens is 432 g/mol. The number of ether oxygens (including phenoxy) is 1. The van der Waals surface area contributed by atoms with Crippen LogP contribution >= 0.6 is 11.6 Å². The lowest BCUT2D eigenvalue weighted by Gasteiger charge is -2.26. The minimum atomic E-state index is -0.409. The quantitative estimate of drug-likeness (QED) is 0.0975. The Hall–Kier alpha value is -1.35. The highest BCUT2D eigenvalue weighted by atomic mass is 35.5. The van der Waals surface area contributed by atoms with Gasteiger partial charge in [0.25, 0.3) is 0 Å². The van der Waals surface area contributed by atoms with Gasteiger partial charge < -0.3 is 4.74 Å². The molecular formula is C29H45ClO3. The van der Waals surface area contributed by atoms with Gasteiger partial charge in [0.15, 0.2) is 0 Å². The lowest BCUT2D eigenvalue weighted by molar-refractivity contribution is -0.144. The lowest BCUT2D eigenvalue weighted by Crippen LogP contribution is -2.33. The zero-order chi connectivity index (χ0) is 23.7. The molecule has 0 aliphatic heterocycles. The second kappa shape index (κ2) is 17.1. The van der Waals surface area contributed by atoms with E-state index < -0.39 is 17.1 Å². The van der Waals surface area contributed by atoms with Gasteiger partial charge in [0.1, 0.15) is 5.75 Å². The molecule has 1 aromatic rings. The van der Waals surface area contributed by atoms with Crippen LogP contribution in [-0.2, 0) is 16.0 Å². The summed E-state index contributed by atoms with van der Waals surface area (Å²) in [6.45, 7) is 2.27. The Labute approximate surface area is 207 Å². The third-order valence-corrected chi connectivity index (χ3v) is 7.33. The van der Waals surface area contributed by atoms with Crippen LogP contribution in [0.5, 0.6) is 5.75 Å². The molecule has 0 heterocycles. The van der Waals surface area contributed by atoms with E-state index in [1.165, 1.54) is 89.0 Å². The van der Waals surface area contributed by atoms with Crippen molar-refractivity contribution in [1.82, 2.24) is 0 Å². The van der Waals surface area contributed by atoms with Crippen LogP contribution in [0, 0.1) is 11.8 Å². The molecule has 0 radical (unpaired) electrons. The Balaban J connectivity index is 1.57. The summed E-state index contributed by atoms with van der Waals surface area (Å²) in [6, 6.07) is 7.85. The molecule has 0 saturated heterocycles. The van der Waals surface area contributed by atoms with Gasteiger partial charge in [-0.3, -0.25) is 9.59 Å². The molecule has 0 spiro atoms. The Morgan fingerprint density at radius 1 is 0.818 bits per heavy atom. The first-order valence-electron chi connectivity index (χ1n) is 13.6. The zero-order valence-corrected chi connectivity index (χ0v) is 21.6. The summed E-state index contributed by atoms with van der Waals surface area (Å²) < 4.78 is 5.64. The summed E-state index contributed by atoms with van der Waals surface area (Å²) in [5.41, 5.74) is 1.21. The highest BCUT2D eigenvalue weighted by Gasteiger charge is 2.36. The summed E-state index contributed by atoms with van der Waals surface area (Å²) in [4.78, 5) is 24.3. The van der Waals surface area contributed by atoms with Crippen LogP contribution < -0.4 is 4.74 Å². The minimum absolute atomic E-state index is 0.313. The molecule has 2 rings (SSSR count). The molecule has 0 N–H and O–H groups in total. The number of unbranched alkanes of at least 4 members (excludes halogenated alkanes) is 12. The predicted molar refractivity (Wildman–Crippen MR) is 138 cm³/mol. The van der Waals surface area contributed by atoms with Crippen LogP contribution in [0.3, 0.4) is 0 Å². The van der Waals surface area contributed by atoms with Crippen LogP contribution in [0.2, 0.25) is 0 Å². The van der Waals surface area contributed by atoms with E-state index in [0.29, 0.717) is 18.6 Å². The largest absolute Gasteiger partial charge is 0.426 e. The maximum absolute atomic E-state index is 12.6. The Bertz CT molecular complexity index is 687. The van der Waals surface area contributed by atoms with E-state index >= 15 is 0 Å². The molecule has 3 nitrogen and oxygen atoms in total. The SMILES string of the molecule is CCCCCCCCCCCCCCCc1cccc(OC(=O)C2CCCCC2C(=O)Cl)c1. The molecule has 1 saturated carbocycles. The van der Waals surface area contributed by atoms with Gasteiger partial charge in [-0.1, -0.05) is 109 Å². The van der Waals surface area contributed by atoms with Crippen LogP contribution in [-0.4, -0.2) is 11.2 Å². The lowest BCUT2D eigenvalue weighted by atomic mass is 9.80. The number of rotatable bonds is 17. The maximum Gasteiger partial charge on any atom is 0.315 e. The molecule has 4 heteroatoms. The normalized spacial score (nSPS) is 18.2. The first-order valence-corrected chi connectivity index (χ1v) is 14.0. The smallest absolute Gasteiger partial charge is 0.315 e. The first kappa shape index (κ1) is 27.9. The van der Waals surface area contributed by atoms with E-state index in [1.807, 2.05) is 18.2 Å². The number of carbonyl (C=O) groups is 2. The monoisotopic (exact) mass is 476 g/mol. The van der Waals surface area contributed by atoms with E-state index in [-0.39, 0.29) is 5.97 Å². The second-order valence-electron chi connectivity index (χ2n) is 9.86. The molecule has 2 unspecified atom stereocenters. The molecule has 1 aliphatic rings. The summed E-state index contributed by atoms with van der Waals surface area (Å²) in [5.74, 6) is -0.541. The molecule has 0 aromatic heterocycles. The van der Waals surface area contributed by atoms with Crippen molar-refractivity contribution in [3.05, 3.63) is 29.8 Å². The number of benzene rings is 1. The average Bonchev–Trinajstić information content (AvgIpc) is 2.82. The minimum Gasteiger partial charge on any atom is -0.426 e. The zero-order valence-electron chi connectivity index (χ0n) is 20.8. The maximum atomic E-state index is 12.6. The van der Waals surface area contributed by atoms with Crippen LogP contribution in [0.1, 0.15) is 122 Å². The standard InChI is InChI=1S/C29H45ClO3/c1-2-3-4-5-6-7-8-9-10-11-12-13-14-18-24-19-17-20-25(23-24)33-29(32)27-22-16-15-21-26(27)28(30)31/h17,19-20,23,26-27H,2-16,18,21-22H2,1H3. The average molecular weight is 477 g/mol. The molecule has 1 aliphatic carbocycles. The highest BCUT2D eigenvalue weighted by molar-refractivity contribution is 6.64. The number of halogens is 1. The number of esters is 1. The first-order chi connectivity index (χ1) is 16.1. The van der Waals surface area contributed by atoms with Gasteiger partial charge in [-0.25, -0.2) is 0 Å². The van der Waals surface area contributed by atoms with E-state index in [9.17, 15) is 9.59 Å². The number of hydrogen-bond donors (Lipinski definition) is 0. The van der Waals surface area contributed by atoms with E-state index in [2.05, 4.69) is 13.0 Å². The Morgan fingerprint density at radius 3 is 1.94 bits per heavy atom. The van der Waals surface area contributed by atoms with E-state index in [0.717, 1.165) is 19.3 Å². The van der Waals surface area contributed by atoms with Crippen molar-refractivity contribution in [2.45, 2.75) is 122 Å². The molecule has 186 valence electrons. The Morgan fingerprint density at radius 2 is 1.36 bits per heavy atom. The van der Waals surface area contributed by atoms with Crippen LogP contribution in [0.25, 0.3) is 0 Å². The van der Waals surface area contributed by atoms with Gasteiger partial charge in [-0.05, 0) is 55.0 Å². The van der Waals surface area contributed by atoms with Gasteiger partial charge >= 0.3 is 5.97 Å². The van der Waals surface area contributed by atoms with Gasteiger partial charge in [-0.15, -0.1) is 0 Å². The molecule has 0 bridgehead atoms. The van der Waals surface area contributed by atoms with E-state index in [1.54, 1.807) is 0 Å². The fourth-order valence-electron chi connectivity index (χ4n) is 4.99. The summed E-state index contributed by atoms with van der Waals surface area (Å²) >= 11 is 5.72. The third-order valence-electron chi connectivity index (χ3n) is 7.05. The highest BCUT2D eigenvalue weighted by Crippen LogP contribution is 2.33. The summed E-state index contributed by atoms with van der Waals surface area (Å²) in [7, 11) is 0. The molecule has 2 atom stereocenters. The van der Waals surface area contributed by atoms with Crippen molar-refractivity contribution in [3.8, 4) is 5.75 Å². The van der Waals surface area contributed by atoms with Crippen molar-refractivity contribution < 1.29 is 14.3 Å². The van der Waals surface area contributed by atoms with Crippen molar-refractivity contribution in [2.75, 3.05) is 0 Å². The van der Waals surface area contributed by atoms with Crippen molar-refractivity contribution in [2.24, 2.45) is 11.8 Å². The van der Waals surface area contributed by atoms with Crippen molar-refractivity contribution in [3.63, 3.8) is 0 Å². The fraction of sp³-hybridized carbons (Fsp3) is 0.724. The summed E-state index contributed by atoms with van der Waals surface area (Å²) in [6.07, 6.45) is 21.9. The van der Waals surface area contributed by atoms with Gasteiger partial charge in [0.2, 0.25) is 5.24 Å². The topological polar surface area (TPSA) is 43.4 Å². The van der Waals surface area contributed by atoms with Gasteiger partial charge in [-0.2, -0.15) is 0 Å². The molecule has 33 heavy (non-hydrogen) atoms. The molecule has 1 aromatic carbocycles. The number of hydrogen-bond acceptors (Lipinski definition) is 3. The van der Waals surface area contributed by atoms with Crippen molar-refractivity contribution in [1.29, 1.82) is 0 Å². The van der Waals surface area contributed by atoms with E-state index in [4.69, 9.17) is 16.3 Å². The third kappa shape index (κ3) is 11.6. The second-order valence-corrected chi connectivity index (χ2v) is 10.2. The molecule has 0 amide bonds. The van der Waals surface area contributed by atoms with Crippen LogP contribution in [0.4, 0.5) is 0 Å². The molecule has 1 fully saturated rings.